The molecule has 1 amide bonds. The van der Waals surface area contributed by atoms with Crippen LogP contribution in [0, 0.1) is 5.41 Å². The molecule has 1 aromatic heterocycles. The Bertz CT molecular complexity index is 649. The summed E-state index contributed by atoms with van der Waals surface area (Å²) in [4.78, 5) is 12.2. The van der Waals surface area contributed by atoms with Crippen LogP contribution in [0.15, 0.2) is 40.9 Å². The zero-order chi connectivity index (χ0) is 15.0. The third kappa shape index (κ3) is 2.45. The lowest BCUT2D eigenvalue weighted by atomic mass is 9.64. The Hall–Kier alpha value is -2.14. The number of hydrogen-bond donors (Lipinski definition) is 2. The van der Waals surface area contributed by atoms with Gasteiger partial charge in [0.1, 0.15) is 5.69 Å². The normalized spacial score (nSPS) is 23.4. The largest absolute Gasteiger partial charge is 0.392 e. The van der Waals surface area contributed by atoms with Crippen molar-refractivity contribution in [1.29, 1.82) is 0 Å². The molecule has 5 nitrogen and oxygen atoms in total. The predicted molar refractivity (Wildman–Crippen MR) is 77.6 cm³/mol. The first-order chi connectivity index (χ1) is 9.98. The highest BCUT2D eigenvalue weighted by molar-refractivity contribution is 5.92. The standard InChI is InChI=1S/C16H18N2O3/c1-16(2)13(9-14(16)19)17-15(20)12-8-11(18-21-12)10-6-4-3-5-7-10/h3-8,13-14,19H,9H2,1-2H3,(H,17,20). The number of benzene rings is 1. The zero-order valence-corrected chi connectivity index (χ0v) is 12.0. The summed E-state index contributed by atoms with van der Waals surface area (Å²) in [5.41, 5.74) is 1.23. The topological polar surface area (TPSA) is 75.4 Å². The maximum atomic E-state index is 12.2. The van der Waals surface area contributed by atoms with Crippen LogP contribution in [-0.2, 0) is 0 Å². The number of hydrogen-bond acceptors (Lipinski definition) is 4. The van der Waals surface area contributed by atoms with Gasteiger partial charge in [0, 0.05) is 23.1 Å². The first-order valence-electron chi connectivity index (χ1n) is 6.99. The Kier molecular flexibility index (Phi) is 3.29. The molecule has 1 saturated carbocycles. The summed E-state index contributed by atoms with van der Waals surface area (Å²) in [6, 6.07) is 11.1. The van der Waals surface area contributed by atoms with Gasteiger partial charge in [-0.25, -0.2) is 0 Å². The summed E-state index contributed by atoms with van der Waals surface area (Å²) in [5.74, 6) is -0.110. The Morgan fingerprint density at radius 1 is 1.38 bits per heavy atom. The lowest BCUT2D eigenvalue weighted by Gasteiger charge is -2.49. The van der Waals surface area contributed by atoms with Crippen molar-refractivity contribution in [2.24, 2.45) is 5.41 Å². The van der Waals surface area contributed by atoms with Crippen LogP contribution < -0.4 is 5.32 Å². The van der Waals surface area contributed by atoms with E-state index in [0.29, 0.717) is 12.1 Å². The molecule has 1 aromatic carbocycles. The summed E-state index contributed by atoms with van der Waals surface area (Å²) < 4.78 is 5.12. The average molecular weight is 286 g/mol. The third-order valence-electron chi connectivity index (χ3n) is 4.32. The molecule has 0 aliphatic heterocycles. The average Bonchev–Trinajstić information content (AvgIpc) is 2.98. The fourth-order valence-electron chi connectivity index (χ4n) is 2.50. The minimum Gasteiger partial charge on any atom is -0.392 e. The minimum absolute atomic E-state index is 0.0507. The van der Waals surface area contributed by atoms with Crippen molar-refractivity contribution in [2.75, 3.05) is 0 Å². The highest BCUT2D eigenvalue weighted by Crippen LogP contribution is 2.40. The van der Waals surface area contributed by atoms with Crippen LogP contribution in [0.5, 0.6) is 0 Å². The molecule has 1 aliphatic carbocycles. The van der Waals surface area contributed by atoms with Crippen molar-refractivity contribution in [2.45, 2.75) is 32.4 Å². The smallest absolute Gasteiger partial charge is 0.290 e. The predicted octanol–water partition coefficient (Wildman–Crippen LogP) is 2.23. The Morgan fingerprint density at radius 3 is 2.71 bits per heavy atom. The molecule has 2 N–H and O–H groups in total. The SMILES string of the molecule is CC1(C)C(O)CC1NC(=O)c1cc(-c2ccccc2)no1. The maximum Gasteiger partial charge on any atom is 0.290 e. The molecule has 0 bridgehead atoms. The lowest BCUT2D eigenvalue weighted by Crippen LogP contribution is -2.61. The van der Waals surface area contributed by atoms with Gasteiger partial charge in [-0.15, -0.1) is 0 Å². The van der Waals surface area contributed by atoms with Crippen molar-refractivity contribution >= 4 is 5.91 Å². The maximum absolute atomic E-state index is 12.2. The van der Waals surface area contributed by atoms with Gasteiger partial charge in [0.05, 0.1) is 6.10 Å². The summed E-state index contributed by atoms with van der Waals surface area (Å²) in [6.07, 6.45) is 0.190. The zero-order valence-electron chi connectivity index (χ0n) is 12.0. The van der Waals surface area contributed by atoms with Crippen LogP contribution in [0.25, 0.3) is 11.3 Å². The minimum atomic E-state index is -0.377. The summed E-state index contributed by atoms with van der Waals surface area (Å²) >= 11 is 0. The van der Waals surface area contributed by atoms with Crippen molar-refractivity contribution in [1.82, 2.24) is 10.5 Å². The number of carbonyl (C=O) groups is 1. The second-order valence-corrected chi connectivity index (χ2v) is 6.04. The third-order valence-corrected chi connectivity index (χ3v) is 4.32. The summed E-state index contributed by atoms with van der Waals surface area (Å²) in [5, 5.41) is 16.5. The number of aliphatic hydroxyl groups is 1. The van der Waals surface area contributed by atoms with Gasteiger partial charge in [-0.1, -0.05) is 49.3 Å². The van der Waals surface area contributed by atoms with E-state index in [-0.39, 0.29) is 29.2 Å². The molecular weight excluding hydrogens is 268 g/mol. The van der Waals surface area contributed by atoms with Gasteiger partial charge < -0.3 is 14.9 Å². The van der Waals surface area contributed by atoms with Crippen LogP contribution in [0.1, 0.15) is 30.8 Å². The molecule has 0 spiro atoms. The first-order valence-corrected chi connectivity index (χ1v) is 6.99. The van der Waals surface area contributed by atoms with E-state index in [2.05, 4.69) is 10.5 Å². The highest BCUT2D eigenvalue weighted by atomic mass is 16.5. The molecule has 5 heteroatoms. The van der Waals surface area contributed by atoms with Gasteiger partial charge in [0.2, 0.25) is 5.76 Å². The molecule has 0 radical (unpaired) electrons. The van der Waals surface area contributed by atoms with Crippen LogP contribution in [0.2, 0.25) is 0 Å². The first kappa shape index (κ1) is 13.8. The molecular formula is C16H18N2O3. The number of nitrogens with one attached hydrogen (secondary N) is 1. The van der Waals surface area contributed by atoms with E-state index in [0.717, 1.165) is 5.56 Å². The van der Waals surface area contributed by atoms with Crippen molar-refractivity contribution in [3.8, 4) is 11.3 Å². The van der Waals surface area contributed by atoms with Gasteiger partial charge in [-0.2, -0.15) is 0 Å². The molecule has 1 fully saturated rings. The van der Waals surface area contributed by atoms with Crippen molar-refractivity contribution in [3.05, 3.63) is 42.2 Å². The van der Waals surface area contributed by atoms with Crippen LogP contribution in [0.4, 0.5) is 0 Å². The highest BCUT2D eigenvalue weighted by Gasteiger charge is 2.48. The van der Waals surface area contributed by atoms with E-state index in [1.807, 2.05) is 44.2 Å². The Morgan fingerprint density at radius 2 is 2.10 bits per heavy atom. The van der Waals surface area contributed by atoms with E-state index in [1.165, 1.54) is 0 Å². The quantitative estimate of drug-likeness (QED) is 0.907. The number of rotatable bonds is 3. The van der Waals surface area contributed by atoms with Crippen LogP contribution in [0.3, 0.4) is 0 Å². The second-order valence-electron chi connectivity index (χ2n) is 6.04. The molecule has 2 unspecified atom stereocenters. The Balaban J connectivity index is 1.71. The van der Waals surface area contributed by atoms with Crippen LogP contribution in [-0.4, -0.2) is 28.3 Å². The molecule has 2 aromatic rings. The molecule has 0 saturated heterocycles. The summed E-state index contributed by atoms with van der Waals surface area (Å²) in [7, 11) is 0. The monoisotopic (exact) mass is 286 g/mol. The number of carbonyl (C=O) groups excluding carboxylic acids is 1. The van der Waals surface area contributed by atoms with Gasteiger partial charge in [-0.3, -0.25) is 4.79 Å². The van der Waals surface area contributed by atoms with Gasteiger partial charge in [0.15, 0.2) is 0 Å². The molecule has 110 valence electrons. The molecule has 1 heterocycles. The van der Waals surface area contributed by atoms with Crippen molar-refractivity contribution < 1.29 is 14.4 Å². The Labute approximate surface area is 123 Å². The number of aromatic nitrogens is 1. The molecule has 2 atom stereocenters. The molecule has 3 rings (SSSR count). The van der Waals surface area contributed by atoms with Crippen molar-refractivity contribution in [3.63, 3.8) is 0 Å². The van der Waals surface area contributed by atoms with E-state index >= 15 is 0 Å². The fraction of sp³-hybridized carbons (Fsp3) is 0.375. The van der Waals surface area contributed by atoms with E-state index in [9.17, 15) is 9.90 Å². The lowest BCUT2D eigenvalue weighted by molar-refractivity contribution is -0.0692. The van der Waals surface area contributed by atoms with Gasteiger partial charge in [-0.05, 0) is 6.42 Å². The molecule has 1 aliphatic rings. The van der Waals surface area contributed by atoms with Gasteiger partial charge >= 0.3 is 0 Å². The second kappa shape index (κ2) is 5.00. The fourth-order valence-corrected chi connectivity index (χ4v) is 2.50. The number of nitrogens with zero attached hydrogens (tertiary/aromatic N) is 1. The number of aliphatic hydroxyl groups excluding tert-OH is 1. The van der Waals surface area contributed by atoms with E-state index in [4.69, 9.17) is 4.52 Å². The van der Waals surface area contributed by atoms with Crippen LogP contribution >= 0.6 is 0 Å². The summed E-state index contributed by atoms with van der Waals surface area (Å²) in [6.45, 7) is 3.86. The van der Waals surface area contributed by atoms with E-state index < -0.39 is 0 Å². The number of amides is 1. The van der Waals surface area contributed by atoms with Gasteiger partial charge in [0.25, 0.3) is 5.91 Å². The molecule has 21 heavy (non-hydrogen) atoms. The van der Waals surface area contributed by atoms with E-state index in [1.54, 1.807) is 6.07 Å².